The van der Waals surface area contributed by atoms with Crippen molar-refractivity contribution < 1.29 is 9.59 Å². The minimum Gasteiger partial charge on any atom is -0.326 e. The van der Waals surface area contributed by atoms with Crippen LogP contribution in [0.2, 0.25) is 0 Å². The van der Waals surface area contributed by atoms with Crippen molar-refractivity contribution in [2.24, 2.45) is 5.92 Å². The molecule has 0 aromatic heterocycles. The number of halogens is 1. The van der Waals surface area contributed by atoms with E-state index in [1.54, 1.807) is 36.4 Å². The predicted molar refractivity (Wildman–Crippen MR) is 92.0 cm³/mol. The molecule has 0 saturated heterocycles. The van der Waals surface area contributed by atoms with Crippen LogP contribution >= 0.6 is 15.9 Å². The van der Waals surface area contributed by atoms with Crippen molar-refractivity contribution in [2.75, 3.05) is 10.6 Å². The molecular formula is C17H17BrN2O2. The Bertz CT molecular complexity index is 681. The van der Waals surface area contributed by atoms with Crippen molar-refractivity contribution in [3.63, 3.8) is 0 Å². The van der Waals surface area contributed by atoms with Gasteiger partial charge in [-0.1, -0.05) is 35.8 Å². The highest BCUT2D eigenvalue weighted by Crippen LogP contribution is 2.17. The molecule has 0 unspecified atom stereocenters. The fourth-order valence-electron chi connectivity index (χ4n) is 1.76. The maximum atomic E-state index is 12.1. The molecule has 0 saturated carbocycles. The number of anilines is 2. The third kappa shape index (κ3) is 4.43. The highest BCUT2D eigenvalue weighted by molar-refractivity contribution is 9.10. The molecule has 0 fully saturated rings. The zero-order valence-corrected chi connectivity index (χ0v) is 14.0. The SMILES string of the molecule is CC(C)C(=O)Nc1ccc(NC(=O)c2cccc(Br)c2)cc1. The minimum atomic E-state index is -0.180. The van der Waals surface area contributed by atoms with Gasteiger partial charge in [-0.05, 0) is 42.5 Å². The van der Waals surface area contributed by atoms with Crippen LogP contribution in [0.5, 0.6) is 0 Å². The van der Waals surface area contributed by atoms with Gasteiger partial charge in [-0.3, -0.25) is 9.59 Å². The summed E-state index contributed by atoms with van der Waals surface area (Å²) in [5, 5.41) is 5.62. The summed E-state index contributed by atoms with van der Waals surface area (Å²) in [5.41, 5.74) is 1.96. The van der Waals surface area contributed by atoms with E-state index in [1.165, 1.54) is 0 Å². The third-order valence-electron chi connectivity index (χ3n) is 3.02. The van der Waals surface area contributed by atoms with Gasteiger partial charge < -0.3 is 10.6 Å². The maximum Gasteiger partial charge on any atom is 0.255 e. The second kappa shape index (κ2) is 7.22. The molecular weight excluding hydrogens is 344 g/mol. The average molecular weight is 361 g/mol. The summed E-state index contributed by atoms with van der Waals surface area (Å²) in [5.74, 6) is -0.290. The van der Waals surface area contributed by atoms with Crippen LogP contribution in [-0.4, -0.2) is 11.8 Å². The Morgan fingerprint density at radius 1 is 0.955 bits per heavy atom. The van der Waals surface area contributed by atoms with Gasteiger partial charge in [-0.25, -0.2) is 0 Å². The van der Waals surface area contributed by atoms with Gasteiger partial charge in [0.2, 0.25) is 5.91 Å². The number of carbonyl (C=O) groups is 2. The summed E-state index contributed by atoms with van der Waals surface area (Å²) in [6.45, 7) is 3.67. The molecule has 0 aliphatic carbocycles. The Hall–Kier alpha value is -2.14. The van der Waals surface area contributed by atoms with Crippen molar-refractivity contribution in [1.29, 1.82) is 0 Å². The molecule has 4 nitrogen and oxygen atoms in total. The van der Waals surface area contributed by atoms with Crippen LogP contribution < -0.4 is 10.6 Å². The van der Waals surface area contributed by atoms with Crippen LogP contribution in [0.4, 0.5) is 11.4 Å². The summed E-state index contributed by atoms with van der Waals surface area (Å²) in [6.07, 6.45) is 0. The zero-order chi connectivity index (χ0) is 16.1. The van der Waals surface area contributed by atoms with Crippen molar-refractivity contribution >= 4 is 39.1 Å². The number of amides is 2. The van der Waals surface area contributed by atoms with E-state index >= 15 is 0 Å². The van der Waals surface area contributed by atoms with E-state index < -0.39 is 0 Å². The number of rotatable bonds is 4. The lowest BCUT2D eigenvalue weighted by atomic mass is 10.2. The Kier molecular flexibility index (Phi) is 5.33. The molecule has 2 rings (SSSR count). The predicted octanol–water partition coefficient (Wildman–Crippen LogP) is 4.30. The van der Waals surface area contributed by atoms with E-state index in [-0.39, 0.29) is 17.7 Å². The Morgan fingerprint density at radius 2 is 1.55 bits per heavy atom. The van der Waals surface area contributed by atoms with Crippen molar-refractivity contribution in [3.8, 4) is 0 Å². The van der Waals surface area contributed by atoms with Gasteiger partial charge >= 0.3 is 0 Å². The molecule has 0 bridgehead atoms. The standard InChI is InChI=1S/C17H17BrN2O2/c1-11(2)16(21)19-14-6-8-15(9-7-14)20-17(22)12-4-3-5-13(18)10-12/h3-11H,1-2H3,(H,19,21)(H,20,22). The smallest absolute Gasteiger partial charge is 0.255 e. The zero-order valence-electron chi connectivity index (χ0n) is 12.4. The first-order valence-electron chi connectivity index (χ1n) is 6.93. The first kappa shape index (κ1) is 16.2. The van der Waals surface area contributed by atoms with Crippen molar-refractivity contribution in [1.82, 2.24) is 0 Å². The lowest BCUT2D eigenvalue weighted by molar-refractivity contribution is -0.118. The van der Waals surface area contributed by atoms with Crippen LogP contribution in [0.15, 0.2) is 53.0 Å². The highest BCUT2D eigenvalue weighted by atomic mass is 79.9. The number of hydrogen-bond acceptors (Lipinski definition) is 2. The Balaban J connectivity index is 2.02. The quantitative estimate of drug-likeness (QED) is 0.853. The van der Waals surface area contributed by atoms with Gasteiger partial charge in [0.1, 0.15) is 0 Å². The second-order valence-corrected chi connectivity index (χ2v) is 6.10. The number of carbonyl (C=O) groups excluding carboxylic acids is 2. The fourth-order valence-corrected chi connectivity index (χ4v) is 2.16. The normalized spacial score (nSPS) is 10.4. The largest absolute Gasteiger partial charge is 0.326 e. The number of hydrogen-bond donors (Lipinski definition) is 2. The number of nitrogens with one attached hydrogen (secondary N) is 2. The highest BCUT2D eigenvalue weighted by Gasteiger charge is 2.08. The summed E-state index contributed by atoms with van der Waals surface area (Å²) >= 11 is 3.34. The fraction of sp³-hybridized carbons (Fsp3) is 0.176. The van der Waals surface area contributed by atoms with Crippen molar-refractivity contribution in [3.05, 3.63) is 58.6 Å². The topological polar surface area (TPSA) is 58.2 Å². The Labute approximate surface area is 138 Å². The maximum absolute atomic E-state index is 12.1. The molecule has 0 aliphatic heterocycles. The van der Waals surface area contributed by atoms with Crippen LogP contribution in [-0.2, 0) is 4.79 Å². The molecule has 114 valence electrons. The Morgan fingerprint density at radius 3 is 2.09 bits per heavy atom. The van der Waals surface area contributed by atoms with E-state index in [9.17, 15) is 9.59 Å². The second-order valence-electron chi connectivity index (χ2n) is 5.19. The summed E-state index contributed by atoms with van der Waals surface area (Å²) in [6, 6.07) is 14.2. The van der Waals surface area contributed by atoms with Gasteiger partial charge in [0.25, 0.3) is 5.91 Å². The van der Waals surface area contributed by atoms with Crippen LogP contribution in [0.25, 0.3) is 0 Å². The monoisotopic (exact) mass is 360 g/mol. The van der Waals surface area contributed by atoms with Gasteiger partial charge in [0, 0.05) is 27.3 Å². The van der Waals surface area contributed by atoms with Gasteiger partial charge in [0.15, 0.2) is 0 Å². The average Bonchev–Trinajstić information content (AvgIpc) is 2.49. The molecule has 5 heteroatoms. The van der Waals surface area contributed by atoms with Crippen LogP contribution in [0.1, 0.15) is 24.2 Å². The van der Waals surface area contributed by atoms with E-state index in [0.29, 0.717) is 16.9 Å². The molecule has 0 aliphatic rings. The molecule has 2 N–H and O–H groups in total. The molecule has 2 aromatic carbocycles. The molecule has 2 aromatic rings. The lowest BCUT2D eigenvalue weighted by Crippen LogP contribution is -2.17. The van der Waals surface area contributed by atoms with E-state index in [1.807, 2.05) is 26.0 Å². The first-order valence-corrected chi connectivity index (χ1v) is 7.73. The summed E-state index contributed by atoms with van der Waals surface area (Å²) in [4.78, 5) is 23.7. The van der Waals surface area contributed by atoms with Crippen LogP contribution in [0.3, 0.4) is 0 Å². The van der Waals surface area contributed by atoms with Gasteiger partial charge in [-0.15, -0.1) is 0 Å². The summed E-state index contributed by atoms with van der Waals surface area (Å²) in [7, 11) is 0. The van der Waals surface area contributed by atoms with E-state index in [2.05, 4.69) is 26.6 Å². The van der Waals surface area contributed by atoms with E-state index in [0.717, 1.165) is 4.47 Å². The molecule has 22 heavy (non-hydrogen) atoms. The minimum absolute atomic E-state index is 0.0362. The molecule has 2 amide bonds. The lowest BCUT2D eigenvalue weighted by Gasteiger charge is -2.09. The van der Waals surface area contributed by atoms with Crippen LogP contribution in [0, 0.1) is 5.92 Å². The number of benzene rings is 2. The molecule has 0 spiro atoms. The molecule has 0 radical (unpaired) electrons. The van der Waals surface area contributed by atoms with E-state index in [4.69, 9.17) is 0 Å². The molecule has 0 heterocycles. The first-order chi connectivity index (χ1) is 10.5. The van der Waals surface area contributed by atoms with Gasteiger partial charge in [-0.2, -0.15) is 0 Å². The third-order valence-corrected chi connectivity index (χ3v) is 3.51. The molecule has 0 atom stereocenters. The van der Waals surface area contributed by atoms with Crippen molar-refractivity contribution in [2.45, 2.75) is 13.8 Å². The summed E-state index contributed by atoms with van der Waals surface area (Å²) < 4.78 is 0.854. The van der Waals surface area contributed by atoms with Gasteiger partial charge in [0.05, 0.1) is 0 Å².